The van der Waals surface area contributed by atoms with Gasteiger partial charge >= 0.3 is 0 Å². The zero-order valence-corrected chi connectivity index (χ0v) is 19.5. The molecule has 0 spiro atoms. The topological polar surface area (TPSA) is 0 Å². The predicted molar refractivity (Wildman–Crippen MR) is 122 cm³/mol. The van der Waals surface area contributed by atoms with E-state index in [4.69, 9.17) is 0 Å². The van der Waals surface area contributed by atoms with Gasteiger partial charge in [-0.05, 0) is 23.9 Å². The fourth-order valence-electron chi connectivity index (χ4n) is 3.96. The summed E-state index contributed by atoms with van der Waals surface area (Å²) in [5, 5.41) is 0. The van der Waals surface area contributed by atoms with Crippen molar-refractivity contribution in [1.29, 1.82) is 0 Å². The van der Waals surface area contributed by atoms with Crippen LogP contribution in [0, 0.1) is 5.41 Å². The molecule has 0 heterocycles. The lowest BCUT2D eigenvalue weighted by atomic mass is 9.82. The molecule has 0 saturated heterocycles. The number of hydrogen-bond donors (Lipinski definition) is 0. The van der Waals surface area contributed by atoms with Crippen LogP contribution in [-0.2, 0) is 0 Å². The predicted octanol–water partition coefficient (Wildman–Crippen LogP) is 9.32. The van der Waals surface area contributed by atoms with E-state index in [2.05, 4.69) is 36.9 Å². The second-order valence-corrected chi connectivity index (χ2v) is 9.89. The second-order valence-electron chi connectivity index (χ2n) is 9.08. The molecule has 2 atom stereocenters. The molecular formula is C24H51P. The number of unbranched alkanes of at least 4 members (excludes halogenated alkanes) is 14. The Morgan fingerprint density at radius 2 is 0.920 bits per heavy atom. The fourth-order valence-corrected chi connectivity index (χ4v) is 4.36. The second kappa shape index (κ2) is 17.8. The minimum absolute atomic E-state index is 0.509. The summed E-state index contributed by atoms with van der Waals surface area (Å²) < 4.78 is 0. The normalized spacial score (nSPS) is 13.3. The lowest BCUT2D eigenvalue weighted by Crippen LogP contribution is -2.23. The third-order valence-corrected chi connectivity index (χ3v) is 7.25. The van der Waals surface area contributed by atoms with Gasteiger partial charge in [0.2, 0.25) is 0 Å². The van der Waals surface area contributed by atoms with E-state index in [9.17, 15) is 0 Å². The Labute approximate surface area is 163 Å². The Kier molecular flexibility index (Phi) is 18.1. The minimum atomic E-state index is 0.509. The highest BCUT2D eigenvalue weighted by atomic mass is 31.0. The van der Waals surface area contributed by atoms with Crippen LogP contribution in [0.4, 0.5) is 0 Å². The highest BCUT2D eigenvalue weighted by Crippen LogP contribution is 2.35. The average Bonchev–Trinajstić information content (AvgIpc) is 2.58. The molecule has 152 valence electrons. The van der Waals surface area contributed by atoms with Crippen LogP contribution in [0.3, 0.4) is 0 Å². The Morgan fingerprint density at radius 1 is 0.560 bits per heavy atom. The van der Waals surface area contributed by atoms with Crippen LogP contribution in [0.2, 0.25) is 0 Å². The summed E-state index contributed by atoms with van der Waals surface area (Å²) in [4.78, 5) is 0. The number of rotatable bonds is 19. The van der Waals surface area contributed by atoms with Gasteiger partial charge in [0.05, 0.1) is 0 Å². The Hall–Kier alpha value is 0.430. The highest BCUT2D eigenvalue weighted by Gasteiger charge is 2.24. The molecule has 0 aromatic carbocycles. The van der Waals surface area contributed by atoms with Gasteiger partial charge in [-0.25, -0.2) is 0 Å². The van der Waals surface area contributed by atoms with Crippen molar-refractivity contribution >= 4 is 9.24 Å². The SMILES string of the molecule is CCCCCCCCCCCCCCCCCC(P)C(C)(C)CCC. The van der Waals surface area contributed by atoms with E-state index in [1.54, 1.807) is 0 Å². The van der Waals surface area contributed by atoms with Crippen molar-refractivity contribution in [1.82, 2.24) is 0 Å². The molecule has 0 aliphatic heterocycles. The summed E-state index contributed by atoms with van der Waals surface area (Å²) >= 11 is 0. The Morgan fingerprint density at radius 3 is 1.28 bits per heavy atom. The van der Waals surface area contributed by atoms with Crippen LogP contribution in [-0.4, -0.2) is 5.66 Å². The monoisotopic (exact) mass is 370 g/mol. The molecule has 0 N–H and O–H groups in total. The van der Waals surface area contributed by atoms with Gasteiger partial charge in [-0.3, -0.25) is 0 Å². The minimum Gasteiger partial charge on any atom is -0.134 e. The zero-order chi connectivity index (χ0) is 18.8. The van der Waals surface area contributed by atoms with Crippen molar-refractivity contribution in [2.45, 2.75) is 149 Å². The first-order valence-electron chi connectivity index (χ1n) is 11.8. The molecule has 0 rings (SSSR count). The average molecular weight is 371 g/mol. The molecule has 0 aromatic heterocycles. The van der Waals surface area contributed by atoms with Crippen LogP contribution in [0.1, 0.15) is 143 Å². The number of hydrogen-bond acceptors (Lipinski definition) is 0. The van der Waals surface area contributed by atoms with Crippen molar-refractivity contribution in [3.63, 3.8) is 0 Å². The van der Waals surface area contributed by atoms with Crippen LogP contribution < -0.4 is 0 Å². The van der Waals surface area contributed by atoms with E-state index in [0.717, 1.165) is 5.66 Å². The molecule has 0 bridgehead atoms. The summed E-state index contributed by atoms with van der Waals surface area (Å²) in [7, 11) is 3.13. The van der Waals surface area contributed by atoms with Crippen molar-refractivity contribution < 1.29 is 0 Å². The third-order valence-electron chi connectivity index (χ3n) is 6.02. The summed E-state index contributed by atoms with van der Waals surface area (Å²) in [5.41, 5.74) is 1.31. The van der Waals surface area contributed by atoms with Crippen LogP contribution in [0.25, 0.3) is 0 Å². The molecule has 0 aliphatic carbocycles. The summed E-state index contributed by atoms with van der Waals surface area (Å²) in [5.74, 6) is 0. The molecule has 0 amide bonds. The van der Waals surface area contributed by atoms with Gasteiger partial charge in [-0.1, -0.05) is 130 Å². The molecular weight excluding hydrogens is 319 g/mol. The molecule has 0 aromatic rings. The molecule has 0 fully saturated rings. The third kappa shape index (κ3) is 16.3. The fraction of sp³-hybridized carbons (Fsp3) is 1.00. The van der Waals surface area contributed by atoms with E-state index in [-0.39, 0.29) is 0 Å². The first kappa shape index (κ1) is 25.4. The maximum absolute atomic E-state index is 3.13. The zero-order valence-electron chi connectivity index (χ0n) is 18.4. The molecule has 0 saturated carbocycles. The first-order chi connectivity index (χ1) is 12.0. The van der Waals surface area contributed by atoms with Crippen LogP contribution >= 0.6 is 9.24 Å². The summed E-state index contributed by atoms with van der Waals surface area (Å²) in [6.07, 6.45) is 26.0. The van der Waals surface area contributed by atoms with Crippen molar-refractivity contribution in [2.24, 2.45) is 5.41 Å². The summed E-state index contributed by atoms with van der Waals surface area (Å²) in [6.45, 7) is 9.50. The molecule has 2 unspecified atom stereocenters. The van der Waals surface area contributed by atoms with Gasteiger partial charge in [0.25, 0.3) is 0 Å². The van der Waals surface area contributed by atoms with Crippen LogP contribution in [0.5, 0.6) is 0 Å². The molecule has 1 heteroatoms. The highest BCUT2D eigenvalue weighted by molar-refractivity contribution is 7.17. The van der Waals surface area contributed by atoms with Crippen molar-refractivity contribution in [3.05, 3.63) is 0 Å². The van der Waals surface area contributed by atoms with Gasteiger partial charge in [-0.15, -0.1) is 9.24 Å². The van der Waals surface area contributed by atoms with E-state index in [0.29, 0.717) is 5.41 Å². The van der Waals surface area contributed by atoms with E-state index < -0.39 is 0 Å². The van der Waals surface area contributed by atoms with Crippen molar-refractivity contribution in [2.75, 3.05) is 0 Å². The van der Waals surface area contributed by atoms with Crippen molar-refractivity contribution in [3.8, 4) is 0 Å². The van der Waals surface area contributed by atoms with E-state index >= 15 is 0 Å². The Balaban J connectivity index is 3.24. The largest absolute Gasteiger partial charge is 0.134 e. The van der Waals surface area contributed by atoms with Gasteiger partial charge in [0, 0.05) is 0 Å². The Bertz CT molecular complexity index is 259. The standard InChI is InChI=1S/C24H51P/c1-5-7-8-9-10-11-12-13-14-15-16-17-18-19-20-21-23(25)24(3,4)22-6-2/h23H,5-22,25H2,1-4H3. The lowest BCUT2D eigenvalue weighted by Gasteiger charge is -2.31. The molecule has 25 heavy (non-hydrogen) atoms. The maximum Gasteiger partial charge on any atom is -0.0213 e. The van der Waals surface area contributed by atoms with E-state index in [1.807, 2.05) is 0 Å². The van der Waals surface area contributed by atoms with Crippen LogP contribution in [0.15, 0.2) is 0 Å². The lowest BCUT2D eigenvalue weighted by molar-refractivity contribution is 0.302. The molecule has 0 radical (unpaired) electrons. The van der Waals surface area contributed by atoms with Gasteiger partial charge in [0.15, 0.2) is 0 Å². The first-order valence-corrected chi connectivity index (χ1v) is 12.5. The van der Waals surface area contributed by atoms with Gasteiger partial charge < -0.3 is 0 Å². The molecule has 0 nitrogen and oxygen atoms in total. The maximum atomic E-state index is 3.13. The van der Waals surface area contributed by atoms with E-state index in [1.165, 1.54) is 116 Å². The van der Waals surface area contributed by atoms with Gasteiger partial charge in [0.1, 0.15) is 0 Å². The quantitative estimate of drug-likeness (QED) is 0.157. The smallest absolute Gasteiger partial charge is 0.0213 e. The summed E-state index contributed by atoms with van der Waals surface area (Å²) in [6, 6.07) is 0. The molecule has 0 aliphatic rings. The van der Waals surface area contributed by atoms with Gasteiger partial charge in [-0.2, -0.15) is 0 Å².